The van der Waals surface area contributed by atoms with Gasteiger partial charge in [0.1, 0.15) is 11.3 Å². The van der Waals surface area contributed by atoms with Crippen molar-refractivity contribution in [3.05, 3.63) is 45.1 Å². The van der Waals surface area contributed by atoms with Crippen LogP contribution in [0.5, 0.6) is 0 Å². The van der Waals surface area contributed by atoms with Crippen LogP contribution in [0.25, 0.3) is 11.2 Å². The van der Waals surface area contributed by atoms with Crippen molar-refractivity contribution in [3.63, 3.8) is 0 Å². The maximum absolute atomic E-state index is 13.3. The third-order valence-corrected chi connectivity index (χ3v) is 4.07. The first-order valence-electron chi connectivity index (χ1n) is 6.61. The Hall–Kier alpha value is -1.66. The number of aromatic amines is 1. The predicted octanol–water partition coefficient (Wildman–Crippen LogP) is 4.06. The zero-order chi connectivity index (χ0) is 15.1. The minimum atomic E-state index is -0.419. The summed E-state index contributed by atoms with van der Waals surface area (Å²) < 4.78 is 17.7. The predicted molar refractivity (Wildman–Crippen MR) is 83.8 cm³/mol. The molecule has 0 amide bonds. The summed E-state index contributed by atoms with van der Waals surface area (Å²) in [6.45, 7) is 5.24. The van der Waals surface area contributed by atoms with E-state index in [1.165, 1.54) is 6.07 Å². The summed E-state index contributed by atoms with van der Waals surface area (Å²) in [7, 11) is 0. The summed E-state index contributed by atoms with van der Waals surface area (Å²) in [6, 6.07) is 4.70. The van der Waals surface area contributed by atoms with E-state index in [4.69, 9.17) is 23.8 Å². The zero-order valence-corrected chi connectivity index (χ0v) is 13.2. The molecule has 0 aliphatic carbocycles. The fourth-order valence-corrected chi connectivity index (χ4v) is 2.90. The number of rotatable bonds is 3. The summed E-state index contributed by atoms with van der Waals surface area (Å²) in [5, 5.41) is 4.59. The van der Waals surface area contributed by atoms with Gasteiger partial charge < -0.3 is 4.98 Å². The van der Waals surface area contributed by atoms with Crippen LogP contribution in [0.15, 0.2) is 18.2 Å². The molecule has 0 aliphatic heterocycles. The summed E-state index contributed by atoms with van der Waals surface area (Å²) in [5.74, 6) is -0.419. The van der Waals surface area contributed by atoms with Crippen LogP contribution in [0.3, 0.4) is 0 Å². The molecule has 3 aromatic rings. The minimum absolute atomic E-state index is 0.117. The van der Waals surface area contributed by atoms with Crippen LogP contribution in [0.2, 0.25) is 5.02 Å². The number of benzene rings is 1. The van der Waals surface area contributed by atoms with Crippen LogP contribution in [0.4, 0.5) is 4.39 Å². The Labute approximate surface area is 131 Å². The summed E-state index contributed by atoms with van der Waals surface area (Å²) >= 11 is 11.2. The largest absolute Gasteiger partial charge is 0.328 e. The van der Waals surface area contributed by atoms with Gasteiger partial charge in [-0.2, -0.15) is 5.10 Å². The van der Waals surface area contributed by atoms with Crippen molar-refractivity contribution in [1.82, 2.24) is 19.3 Å². The number of aromatic nitrogens is 4. The minimum Gasteiger partial charge on any atom is -0.328 e. The molecule has 1 aromatic carbocycles. The second kappa shape index (κ2) is 5.27. The molecule has 4 nitrogen and oxygen atoms in total. The maximum Gasteiger partial charge on any atom is 0.179 e. The molecular formula is C14H14ClFN4S. The average Bonchev–Trinajstić information content (AvgIpc) is 2.93. The zero-order valence-electron chi connectivity index (χ0n) is 11.7. The number of nitrogens with zero attached hydrogens (tertiary/aromatic N) is 3. The van der Waals surface area contributed by atoms with Gasteiger partial charge in [-0.25, -0.2) is 9.07 Å². The quantitative estimate of drug-likeness (QED) is 0.738. The first-order chi connectivity index (χ1) is 10.0. The fourth-order valence-electron chi connectivity index (χ4n) is 2.45. The molecule has 0 saturated carbocycles. The molecule has 0 unspecified atom stereocenters. The molecule has 2 heterocycles. The fraction of sp³-hybridized carbons (Fsp3) is 0.286. The third-order valence-electron chi connectivity index (χ3n) is 3.46. The highest BCUT2D eigenvalue weighted by Gasteiger charge is 2.14. The monoisotopic (exact) mass is 324 g/mol. The molecule has 0 atom stereocenters. The summed E-state index contributed by atoms with van der Waals surface area (Å²) in [6.07, 6.45) is 0. The summed E-state index contributed by atoms with van der Waals surface area (Å²) in [5.41, 5.74) is 3.68. The molecule has 21 heavy (non-hydrogen) atoms. The van der Waals surface area contributed by atoms with Crippen molar-refractivity contribution in [3.8, 4) is 0 Å². The summed E-state index contributed by atoms with van der Waals surface area (Å²) in [4.78, 5) is 3.18. The first-order valence-corrected chi connectivity index (χ1v) is 7.39. The number of nitrogens with one attached hydrogen (secondary N) is 1. The van der Waals surface area contributed by atoms with Crippen molar-refractivity contribution in [2.45, 2.75) is 26.9 Å². The van der Waals surface area contributed by atoms with Gasteiger partial charge in [0, 0.05) is 6.54 Å². The number of imidazole rings is 1. The van der Waals surface area contributed by atoms with Crippen molar-refractivity contribution in [1.29, 1.82) is 0 Å². The SMILES string of the molecule is CCn1nc(C)c2[nH]c(=S)n(Cc3ccc(F)c(Cl)c3)c21. The van der Waals surface area contributed by atoms with E-state index >= 15 is 0 Å². The topological polar surface area (TPSA) is 38.5 Å². The number of fused-ring (bicyclic) bond motifs is 1. The Bertz CT molecular complexity index is 877. The molecule has 0 spiro atoms. The number of hydrogen-bond donors (Lipinski definition) is 1. The lowest BCUT2D eigenvalue weighted by atomic mass is 10.2. The molecule has 0 bridgehead atoms. The van der Waals surface area contributed by atoms with Gasteiger partial charge in [0.25, 0.3) is 0 Å². The van der Waals surface area contributed by atoms with Crippen LogP contribution in [-0.2, 0) is 13.1 Å². The van der Waals surface area contributed by atoms with Crippen LogP contribution >= 0.6 is 23.8 Å². The molecule has 0 saturated heterocycles. The second-order valence-electron chi connectivity index (χ2n) is 4.86. The van der Waals surface area contributed by atoms with E-state index in [9.17, 15) is 4.39 Å². The average molecular weight is 325 g/mol. The lowest BCUT2D eigenvalue weighted by molar-refractivity contribution is 0.625. The molecule has 2 aromatic heterocycles. The Morgan fingerprint density at radius 1 is 1.43 bits per heavy atom. The van der Waals surface area contributed by atoms with Gasteiger partial charge in [0.05, 0.1) is 17.3 Å². The molecule has 1 N–H and O–H groups in total. The van der Waals surface area contributed by atoms with Crippen molar-refractivity contribution in [2.75, 3.05) is 0 Å². The Morgan fingerprint density at radius 3 is 2.86 bits per heavy atom. The molecule has 0 radical (unpaired) electrons. The van der Waals surface area contributed by atoms with Crippen LogP contribution in [-0.4, -0.2) is 19.3 Å². The van der Waals surface area contributed by atoms with E-state index in [1.807, 2.05) is 23.1 Å². The van der Waals surface area contributed by atoms with Gasteiger partial charge in [0.15, 0.2) is 10.4 Å². The van der Waals surface area contributed by atoms with E-state index in [2.05, 4.69) is 10.1 Å². The molecule has 7 heteroatoms. The Kier molecular flexibility index (Phi) is 3.59. The first kappa shape index (κ1) is 14.3. The van der Waals surface area contributed by atoms with E-state index in [0.29, 0.717) is 11.3 Å². The Balaban J connectivity index is 2.13. The number of halogens is 2. The van der Waals surface area contributed by atoms with Gasteiger partial charge in [-0.3, -0.25) is 4.57 Å². The van der Waals surface area contributed by atoms with E-state index in [-0.39, 0.29) is 5.02 Å². The van der Waals surface area contributed by atoms with Crippen molar-refractivity contribution >= 4 is 35.0 Å². The molecule has 0 aliphatic rings. The lowest BCUT2D eigenvalue weighted by Gasteiger charge is -2.07. The van der Waals surface area contributed by atoms with Crippen molar-refractivity contribution < 1.29 is 4.39 Å². The number of H-pyrrole nitrogens is 1. The van der Waals surface area contributed by atoms with Gasteiger partial charge in [-0.05, 0) is 43.8 Å². The van der Waals surface area contributed by atoms with Crippen LogP contribution < -0.4 is 0 Å². The maximum atomic E-state index is 13.3. The molecule has 3 rings (SSSR count). The third kappa shape index (κ3) is 2.38. The van der Waals surface area contributed by atoms with Crippen LogP contribution in [0, 0.1) is 17.5 Å². The van der Waals surface area contributed by atoms with Gasteiger partial charge in [-0.15, -0.1) is 0 Å². The standard InChI is InChI=1S/C14H14ClFN4S/c1-3-20-13-12(8(2)18-20)17-14(21)19(13)7-9-4-5-11(16)10(15)6-9/h4-6H,3,7H2,1-2H3,(H,17,21). The van der Waals surface area contributed by atoms with Crippen molar-refractivity contribution in [2.24, 2.45) is 0 Å². The van der Waals surface area contributed by atoms with E-state index in [1.54, 1.807) is 12.1 Å². The molecule has 110 valence electrons. The van der Waals surface area contributed by atoms with E-state index in [0.717, 1.165) is 29.0 Å². The smallest absolute Gasteiger partial charge is 0.179 e. The molecular weight excluding hydrogens is 311 g/mol. The van der Waals surface area contributed by atoms with E-state index < -0.39 is 5.82 Å². The normalized spacial score (nSPS) is 11.4. The van der Waals surface area contributed by atoms with Crippen LogP contribution in [0.1, 0.15) is 18.2 Å². The highest BCUT2D eigenvalue weighted by atomic mass is 35.5. The number of aryl methyl sites for hydroxylation is 2. The number of hydrogen-bond acceptors (Lipinski definition) is 2. The highest BCUT2D eigenvalue weighted by molar-refractivity contribution is 7.71. The van der Waals surface area contributed by atoms with Gasteiger partial charge >= 0.3 is 0 Å². The molecule has 0 fully saturated rings. The Morgan fingerprint density at radius 2 is 2.19 bits per heavy atom. The van der Waals surface area contributed by atoms with Gasteiger partial charge in [-0.1, -0.05) is 17.7 Å². The van der Waals surface area contributed by atoms with Gasteiger partial charge in [0.2, 0.25) is 0 Å². The second-order valence-corrected chi connectivity index (χ2v) is 5.66. The highest BCUT2D eigenvalue weighted by Crippen LogP contribution is 2.21. The lowest BCUT2D eigenvalue weighted by Crippen LogP contribution is -2.06.